The highest BCUT2D eigenvalue weighted by atomic mass is 35.5. The quantitative estimate of drug-likeness (QED) is 0.466. The summed E-state index contributed by atoms with van der Waals surface area (Å²) >= 11 is 7.73. The van der Waals surface area contributed by atoms with E-state index in [1.165, 1.54) is 0 Å². The minimum atomic E-state index is 0.171. The second-order valence-electron chi connectivity index (χ2n) is 5.22. The lowest BCUT2D eigenvalue weighted by atomic mass is 10.2. The number of benzene rings is 1. The molecule has 0 fully saturated rings. The largest absolute Gasteiger partial charge is 0.271 e. The van der Waals surface area contributed by atoms with Crippen molar-refractivity contribution in [3.8, 4) is 0 Å². The van der Waals surface area contributed by atoms with Gasteiger partial charge < -0.3 is 0 Å². The van der Waals surface area contributed by atoms with Gasteiger partial charge in [-0.05, 0) is 38.1 Å². The average molecular weight is 325 g/mol. The van der Waals surface area contributed by atoms with E-state index in [-0.39, 0.29) is 6.04 Å². The van der Waals surface area contributed by atoms with E-state index in [0.717, 1.165) is 27.8 Å². The third-order valence-corrected chi connectivity index (χ3v) is 4.52. The van der Waals surface area contributed by atoms with Crippen molar-refractivity contribution in [2.75, 3.05) is 5.75 Å². The van der Waals surface area contributed by atoms with Gasteiger partial charge in [-0.25, -0.2) is 0 Å². The van der Waals surface area contributed by atoms with E-state index in [1.54, 1.807) is 11.8 Å². The molecule has 2 aromatic rings. The van der Waals surface area contributed by atoms with Crippen molar-refractivity contribution in [3.05, 3.63) is 47.2 Å². The van der Waals surface area contributed by atoms with Crippen LogP contribution in [-0.4, -0.2) is 21.6 Å². The molecule has 1 heterocycles. The monoisotopic (exact) mass is 324 g/mol. The number of hydrazine groups is 1. The fraction of sp³-hybridized carbons (Fsp3) is 0.400. The van der Waals surface area contributed by atoms with Crippen molar-refractivity contribution >= 4 is 23.4 Å². The van der Waals surface area contributed by atoms with Crippen LogP contribution in [0.4, 0.5) is 0 Å². The lowest BCUT2D eigenvalue weighted by molar-refractivity contribution is 0.513. The summed E-state index contributed by atoms with van der Waals surface area (Å²) < 4.78 is 1.97. The van der Waals surface area contributed by atoms with Crippen LogP contribution in [0.15, 0.2) is 41.4 Å². The Bertz CT molecular complexity index is 570. The minimum Gasteiger partial charge on any atom is -0.271 e. The number of nitrogens with one attached hydrogen (secondary N) is 1. The lowest BCUT2D eigenvalue weighted by Gasteiger charge is -2.14. The van der Waals surface area contributed by atoms with Crippen molar-refractivity contribution in [3.63, 3.8) is 0 Å². The second-order valence-corrected chi connectivity index (χ2v) is 6.75. The molecule has 0 amide bonds. The third kappa shape index (κ3) is 5.04. The molecule has 4 nitrogen and oxygen atoms in total. The summed E-state index contributed by atoms with van der Waals surface area (Å²) in [5.74, 6) is 6.52. The van der Waals surface area contributed by atoms with Crippen molar-refractivity contribution in [1.82, 2.24) is 15.2 Å². The first-order valence-electron chi connectivity index (χ1n) is 6.97. The Labute approximate surface area is 135 Å². The number of rotatable bonds is 7. The van der Waals surface area contributed by atoms with E-state index in [9.17, 15) is 0 Å². The maximum Gasteiger partial charge on any atom is 0.0641 e. The van der Waals surface area contributed by atoms with Crippen LogP contribution in [0.1, 0.15) is 25.6 Å². The molecule has 3 N–H and O–H groups in total. The maximum absolute atomic E-state index is 5.99. The summed E-state index contributed by atoms with van der Waals surface area (Å²) in [7, 11) is 0. The van der Waals surface area contributed by atoms with E-state index in [2.05, 4.69) is 30.4 Å². The van der Waals surface area contributed by atoms with Crippen LogP contribution in [0.5, 0.6) is 0 Å². The Hall–Kier alpha value is -1.01. The molecule has 1 atom stereocenters. The molecule has 1 unspecified atom stereocenters. The van der Waals surface area contributed by atoms with Crippen LogP contribution in [0.25, 0.3) is 0 Å². The predicted molar refractivity (Wildman–Crippen MR) is 89.6 cm³/mol. The first-order valence-corrected chi connectivity index (χ1v) is 8.33. The van der Waals surface area contributed by atoms with Gasteiger partial charge in [-0.2, -0.15) is 5.10 Å². The van der Waals surface area contributed by atoms with Crippen LogP contribution in [0.2, 0.25) is 5.02 Å². The number of nitrogens with two attached hydrogens (primary N) is 1. The number of aromatic nitrogens is 2. The van der Waals surface area contributed by atoms with Gasteiger partial charge in [0.05, 0.1) is 5.69 Å². The first kappa shape index (κ1) is 16.4. The smallest absolute Gasteiger partial charge is 0.0641 e. The summed E-state index contributed by atoms with van der Waals surface area (Å²) in [4.78, 5) is 1.15. The molecule has 0 saturated heterocycles. The number of halogens is 1. The molecule has 6 heteroatoms. The van der Waals surface area contributed by atoms with Gasteiger partial charge in [-0.3, -0.25) is 16.0 Å². The van der Waals surface area contributed by atoms with Gasteiger partial charge in [0.25, 0.3) is 0 Å². The van der Waals surface area contributed by atoms with Crippen LogP contribution in [0, 0.1) is 0 Å². The Balaban J connectivity index is 1.90. The molecule has 0 spiro atoms. The van der Waals surface area contributed by atoms with Gasteiger partial charge in [0.2, 0.25) is 0 Å². The first-order chi connectivity index (χ1) is 10.1. The zero-order valence-corrected chi connectivity index (χ0v) is 13.9. The van der Waals surface area contributed by atoms with Gasteiger partial charge in [-0.15, -0.1) is 11.8 Å². The van der Waals surface area contributed by atoms with Crippen LogP contribution >= 0.6 is 23.4 Å². The highest BCUT2D eigenvalue weighted by molar-refractivity contribution is 7.99. The van der Waals surface area contributed by atoms with E-state index < -0.39 is 0 Å². The Morgan fingerprint density at radius 1 is 1.38 bits per heavy atom. The molecule has 0 radical (unpaired) electrons. The number of nitrogens with zero attached hydrogens (tertiary/aromatic N) is 2. The van der Waals surface area contributed by atoms with Gasteiger partial charge in [-0.1, -0.05) is 17.7 Å². The van der Waals surface area contributed by atoms with Crippen molar-refractivity contribution in [2.24, 2.45) is 5.84 Å². The number of thioether (sulfide) groups is 1. The molecule has 21 heavy (non-hydrogen) atoms. The van der Waals surface area contributed by atoms with Gasteiger partial charge in [0, 0.05) is 40.4 Å². The zero-order valence-electron chi connectivity index (χ0n) is 12.3. The summed E-state index contributed by atoms with van der Waals surface area (Å²) in [6.45, 7) is 4.23. The highest BCUT2D eigenvalue weighted by Gasteiger charge is 2.11. The van der Waals surface area contributed by atoms with Crippen molar-refractivity contribution in [1.29, 1.82) is 0 Å². The topological polar surface area (TPSA) is 55.9 Å². The minimum absolute atomic E-state index is 0.171. The molecule has 114 valence electrons. The Morgan fingerprint density at radius 2 is 2.19 bits per heavy atom. The van der Waals surface area contributed by atoms with Crippen molar-refractivity contribution < 1.29 is 0 Å². The number of hydrogen-bond donors (Lipinski definition) is 2. The van der Waals surface area contributed by atoms with E-state index >= 15 is 0 Å². The fourth-order valence-corrected chi connectivity index (χ4v) is 3.19. The standard InChI is InChI=1S/C15H21ClN4S/c1-11(2)20-7-6-13(19-20)9-14(18-17)10-21-15-5-3-4-12(16)8-15/h3-8,11,14,18H,9-10,17H2,1-2H3. The summed E-state index contributed by atoms with van der Waals surface area (Å²) in [5, 5.41) is 5.31. The van der Waals surface area contributed by atoms with Gasteiger partial charge in [0.1, 0.15) is 0 Å². The molecule has 0 aliphatic heterocycles. The third-order valence-electron chi connectivity index (χ3n) is 3.13. The molecule has 0 bridgehead atoms. The fourth-order valence-electron chi connectivity index (χ4n) is 1.95. The maximum atomic E-state index is 5.99. The van der Waals surface area contributed by atoms with Crippen LogP contribution in [0.3, 0.4) is 0 Å². The highest BCUT2D eigenvalue weighted by Crippen LogP contribution is 2.22. The molecular formula is C15H21ClN4S. The SMILES string of the molecule is CC(C)n1ccc(CC(CSc2cccc(Cl)c2)NN)n1. The van der Waals surface area contributed by atoms with Crippen molar-refractivity contribution in [2.45, 2.75) is 37.2 Å². The molecule has 0 aliphatic carbocycles. The van der Waals surface area contributed by atoms with Gasteiger partial charge >= 0.3 is 0 Å². The molecular weight excluding hydrogens is 304 g/mol. The van der Waals surface area contributed by atoms with E-state index in [1.807, 2.05) is 35.1 Å². The summed E-state index contributed by atoms with van der Waals surface area (Å²) in [6.07, 6.45) is 2.82. The Kier molecular flexibility index (Phi) is 6.11. The summed E-state index contributed by atoms with van der Waals surface area (Å²) in [6, 6.07) is 10.5. The average Bonchev–Trinajstić information content (AvgIpc) is 2.92. The molecule has 0 saturated carbocycles. The van der Waals surface area contributed by atoms with E-state index in [0.29, 0.717) is 6.04 Å². The molecule has 0 aliphatic rings. The molecule has 2 rings (SSSR count). The lowest BCUT2D eigenvalue weighted by Crippen LogP contribution is -2.38. The predicted octanol–water partition coefficient (Wildman–Crippen LogP) is 3.28. The van der Waals surface area contributed by atoms with E-state index in [4.69, 9.17) is 17.4 Å². The molecule has 1 aromatic heterocycles. The summed E-state index contributed by atoms with van der Waals surface area (Å²) in [5.41, 5.74) is 3.92. The second kappa shape index (κ2) is 7.84. The van der Waals surface area contributed by atoms with Crippen LogP contribution in [-0.2, 0) is 6.42 Å². The Morgan fingerprint density at radius 3 is 2.81 bits per heavy atom. The number of hydrogen-bond acceptors (Lipinski definition) is 4. The molecule has 1 aromatic carbocycles. The zero-order chi connectivity index (χ0) is 15.2. The normalized spacial score (nSPS) is 12.8. The van der Waals surface area contributed by atoms with Gasteiger partial charge in [0.15, 0.2) is 0 Å². The van der Waals surface area contributed by atoms with Crippen LogP contribution < -0.4 is 11.3 Å².